The monoisotopic (exact) mass is 489 g/mol. The molecule has 2 aromatic carbocycles. The number of amides is 1. The van der Waals surface area contributed by atoms with Gasteiger partial charge >= 0.3 is 0 Å². The van der Waals surface area contributed by atoms with Gasteiger partial charge in [-0.2, -0.15) is 5.10 Å². The van der Waals surface area contributed by atoms with Crippen LogP contribution in [0, 0.1) is 17.0 Å². The minimum absolute atomic E-state index is 0.0293. The highest BCUT2D eigenvalue weighted by Crippen LogP contribution is 2.55. The second kappa shape index (κ2) is 8.36. The summed E-state index contributed by atoms with van der Waals surface area (Å²) in [4.78, 5) is 20.7. The number of fused-ring (bicyclic) bond motifs is 4. The van der Waals surface area contributed by atoms with Crippen molar-refractivity contribution in [2.24, 2.45) is 5.41 Å². The Morgan fingerprint density at radius 2 is 1.64 bits per heavy atom. The van der Waals surface area contributed by atoms with E-state index in [0.717, 1.165) is 72.7 Å². The van der Waals surface area contributed by atoms with Crippen molar-refractivity contribution in [1.82, 2.24) is 25.1 Å². The second-order valence-corrected chi connectivity index (χ2v) is 10.2. The fourth-order valence-corrected chi connectivity index (χ4v) is 5.81. The molecule has 36 heavy (non-hydrogen) atoms. The van der Waals surface area contributed by atoms with Crippen molar-refractivity contribution in [2.45, 2.75) is 44.1 Å². The molecule has 0 unspecified atom stereocenters. The molecule has 2 bridgehead atoms. The van der Waals surface area contributed by atoms with Gasteiger partial charge < -0.3 is 10.4 Å². The summed E-state index contributed by atoms with van der Waals surface area (Å²) >= 11 is 0. The maximum absolute atomic E-state index is 13.6. The Bertz CT molecular complexity index is 1420. The molecule has 0 aliphatic heterocycles. The van der Waals surface area contributed by atoms with Crippen molar-refractivity contribution >= 4 is 16.8 Å². The summed E-state index contributed by atoms with van der Waals surface area (Å²) in [5.41, 5.74) is 2.72. The molecule has 2 heterocycles. The van der Waals surface area contributed by atoms with Gasteiger partial charge in [-0.3, -0.25) is 9.48 Å². The van der Waals surface area contributed by atoms with Crippen molar-refractivity contribution < 1.29 is 18.7 Å². The quantitative estimate of drug-likeness (QED) is 0.414. The van der Waals surface area contributed by atoms with Crippen LogP contribution in [-0.4, -0.2) is 37.3 Å². The van der Waals surface area contributed by atoms with E-state index in [2.05, 4.69) is 44.4 Å². The molecule has 0 atom stereocenters. The second-order valence-electron chi connectivity index (χ2n) is 10.2. The fourth-order valence-electron chi connectivity index (χ4n) is 5.81. The predicted molar refractivity (Wildman–Crippen MR) is 129 cm³/mol. The molecule has 3 aliphatic rings. The van der Waals surface area contributed by atoms with Gasteiger partial charge in [-0.15, -0.1) is 0 Å². The highest BCUT2D eigenvalue weighted by atomic mass is 19.1. The normalized spacial score (nSPS) is 23.2. The lowest BCUT2D eigenvalue weighted by Crippen LogP contribution is -2.51. The van der Waals surface area contributed by atoms with Gasteiger partial charge in [0.2, 0.25) is 0 Å². The number of hydrogen-bond acceptors (Lipinski definition) is 5. The summed E-state index contributed by atoms with van der Waals surface area (Å²) in [5.74, 6) is -3.90. The number of hydrogen-bond donors (Lipinski definition) is 2. The largest absolute Gasteiger partial charge is 0.503 e. The zero-order chi connectivity index (χ0) is 24.9. The first-order valence-corrected chi connectivity index (χ1v) is 12.1. The predicted octanol–water partition coefficient (Wildman–Crippen LogP) is 4.96. The van der Waals surface area contributed by atoms with Crippen molar-refractivity contribution in [3.05, 3.63) is 72.4 Å². The molecule has 3 aliphatic carbocycles. The number of phenolic OH excluding ortho intramolecular Hbond substituents is 1. The van der Waals surface area contributed by atoms with E-state index >= 15 is 0 Å². The van der Waals surface area contributed by atoms with Crippen LogP contribution in [0.5, 0.6) is 5.75 Å². The minimum atomic E-state index is -1.14. The Labute approximate surface area is 206 Å². The Balaban J connectivity index is 1.15. The molecule has 0 saturated heterocycles. The molecule has 7 rings (SSSR count). The van der Waals surface area contributed by atoms with E-state index in [1.807, 2.05) is 0 Å². The van der Waals surface area contributed by atoms with E-state index in [9.17, 15) is 18.7 Å². The van der Waals surface area contributed by atoms with Gasteiger partial charge in [0, 0.05) is 41.6 Å². The number of nitrogens with zero attached hydrogens (tertiary/aromatic N) is 4. The molecule has 2 N–H and O–H groups in total. The van der Waals surface area contributed by atoms with Crippen molar-refractivity contribution in [2.75, 3.05) is 6.54 Å². The lowest BCUT2D eigenvalue weighted by molar-refractivity contribution is -0.00562. The van der Waals surface area contributed by atoms with Gasteiger partial charge in [0.15, 0.2) is 17.4 Å². The van der Waals surface area contributed by atoms with Gasteiger partial charge in [0.05, 0.1) is 11.1 Å². The Kier molecular flexibility index (Phi) is 5.24. The van der Waals surface area contributed by atoms with Gasteiger partial charge in [0.25, 0.3) is 5.91 Å². The van der Waals surface area contributed by atoms with Gasteiger partial charge in [-0.1, -0.05) is 12.1 Å². The van der Waals surface area contributed by atoms with E-state index in [0.29, 0.717) is 6.54 Å². The summed E-state index contributed by atoms with van der Waals surface area (Å²) in [6.07, 6.45) is 12.9. The molecule has 2 aromatic heterocycles. The van der Waals surface area contributed by atoms with Crippen LogP contribution < -0.4 is 5.32 Å². The molecule has 0 radical (unpaired) electrons. The average molecular weight is 490 g/mol. The summed E-state index contributed by atoms with van der Waals surface area (Å²) in [5, 5.41) is 18.2. The van der Waals surface area contributed by atoms with Crippen LogP contribution in [0.15, 0.2) is 55.2 Å². The first-order valence-electron chi connectivity index (χ1n) is 12.1. The topological polar surface area (TPSA) is 92.9 Å². The number of halogens is 2. The maximum Gasteiger partial charge on any atom is 0.251 e. The van der Waals surface area contributed by atoms with Crippen LogP contribution in [0.3, 0.4) is 0 Å². The first-order chi connectivity index (χ1) is 17.4. The summed E-state index contributed by atoms with van der Waals surface area (Å²) in [6, 6.07) is 7.93. The maximum atomic E-state index is 13.6. The molecule has 184 valence electrons. The Hall–Kier alpha value is -3.88. The number of nitrogens with one attached hydrogen (secondary N) is 1. The molecular formula is C27H25F2N5O2. The lowest BCUT2D eigenvalue weighted by atomic mass is 9.57. The number of benzene rings is 2. The molecule has 7 nitrogen and oxygen atoms in total. The Morgan fingerprint density at radius 1 is 0.972 bits per heavy atom. The third-order valence-corrected chi connectivity index (χ3v) is 8.15. The third kappa shape index (κ3) is 3.79. The molecule has 0 spiro atoms. The van der Waals surface area contributed by atoms with Crippen LogP contribution in [0.1, 0.15) is 48.9 Å². The molecule has 9 heteroatoms. The molecular weight excluding hydrogens is 464 g/mol. The molecule has 3 saturated carbocycles. The smallest absolute Gasteiger partial charge is 0.251 e. The third-order valence-electron chi connectivity index (χ3n) is 8.15. The van der Waals surface area contributed by atoms with Crippen molar-refractivity contribution in [3.63, 3.8) is 0 Å². The zero-order valence-corrected chi connectivity index (χ0v) is 19.5. The minimum Gasteiger partial charge on any atom is -0.503 e. The number of phenols is 1. The van der Waals surface area contributed by atoms with Gasteiger partial charge in [-0.25, -0.2) is 18.7 Å². The zero-order valence-electron chi connectivity index (χ0n) is 19.5. The number of rotatable bonds is 5. The van der Waals surface area contributed by atoms with Gasteiger partial charge in [0.1, 0.15) is 6.33 Å². The van der Waals surface area contributed by atoms with Gasteiger partial charge in [-0.05, 0) is 67.7 Å². The van der Waals surface area contributed by atoms with Crippen molar-refractivity contribution in [3.8, 4) is 16.9 Å². The van der Waals surface area contributed by atoms with E-state index < -0.39 is 23.3 Å². The number of carbonyl (C=O) groups excluding carboxylic acids is 1. The standard InChI is InChI=1S/C27H25F2N5O2/c28-21-9-19(10-22(29)24(21)35)25(36)32-15-26-3-6-27(7-4-26,8-5-26)34-14-18-2-1-17(11-23(18)33-34)20-12-30-16-31-13-20/h1-2,9-14,16,35H,3-8,15H2,(H,32,36). The van der Waals surface area contributed by atoms with E-state index in [1.165, 1.54) is 6.33 Å². The Morgan fingerprint density at radius 3 is 2.31 bits per heavy atom. The van der Waals surface area contributed by atoms with E-state index in [1.54, 1.807) is 12.4 Å². The summed E-state index contributed by atoms with van der Waals surface area (Å²) < 4.78 is 29.4. The van der Waals surface area contributed by atoms with E-state index in [4.69, 9.17) is 5.10 Å². The summed E-state index contributed by atoms with van der Waals surface area (Å²) in [7, 11) is 0. The van der Waals surface area contributed by atoms with Crippen molar-refractivity contribution in [1.29, 1.82) is 0 Å². The molecule has 4 aromatic rings. The number of aromatic nitrogens is 4. The van der Waals surface area contributed by atoms with Crippen LogP contribution in [-0.2, 0) is 5.54 Å². The first kappa shape index (κ1) is 22.6. The molecule has 3 fully saturated rings. The van der Waals surface area contributed by atoms with Crippen LogP contribution in [0.25, 0.3) is 22.0 Å². The van der Waals surface area contributed by atoms with Crippen LogP contribution >= 0.6 is 0 Å². The number of carbonyl (C=O) groups is 1. The SMILES string of the molecule is O=C(NCC12CCC(n3cc4ccc(-c5cncnc5)cc4n3)(CC1)CC2)c1cc(F)c(O)c(F)c1. The average Bonchev–Trinajstić information content (AvgIpc) is 3.36. The van der Waals surface area contributed by atoms with Crippen LogP contribution in [0.2, 0.25) is 0 Å². The number of aromatic hydroxyl groups is 1. The highest BCUT2D eigenvalue weighted by molar-refractivity contribution is 5.94. The lowest BCUT2D eigenvalue weighted by Gasteiger charge is -2.53. The summed E-state index contributed by atoms with van der Waals surface area (Å²) in [6.45, 7) is 0.454. The van der Waals surface area contributed by atoms with E-state index in [-0.39, 0.29) is 16.5 Å². The fraction of sp³-hybridized carbons (Fsp3) is 0.333. The molecule has 1 amide bonds. The highest BCUT2D eigenvalue weighted by Gasteiger charge is 2.50. The van der Waals surface area contributed by atoms with Crippen LogP contribution in [0.4, 0.5) is 8.78 Å².